The van der Waals surface area contributed by atoms with E-state index in [4.69, 9.17) is 0 Å². The molecule has 2 aromatic rings. The summed E-state index contributed by atoms with van der Waals surface area (Å²) in [7, 11) is 0. The van der Waals surface area contributed by atoms with E-state index >= 15 is 0 Å². The third-order valence-corrected chi connectivity index (χ3v) is 3.42. The van der Waals surface area contributed by atoms with Crippen LogP contribution >= 0.6 is 0 Å². The van der Waals surface area contributed by atoms with Gasteiger partial charge in [-0.05, 0) is 57.5 Å². The van der Waals surface area contributed by atoms with Crippen molar-refractivity contribution in [3.8, 4) is 0 Å². The SMILES string of the molecule is CCNC(c1cc(C)cc(C)c1)c1cc(C)nc(C)c1. The molecular weight excluding hydrogens is 244 g/mol. The first kappa shape index (κ1) is 14.7. The largest absolute Gasteiger partial charge is 0.307 e. The topological polar surface area (TPSA) is 24.9 Å². The molecule has 0 spiro atoms. The van der Waals surface area contributed by atoms with Gasteiger partial charge >= 0.3 is 0 Å². The first-order valence-electron chi connectivity index (χ1n) is 7.26. The molecule has 1 aromatic carbocycles. The highest BCUT2D eigenvalue weighted by Gasteiger charge is 2.14. The lowest BCUT2D eigenvalue weighted by Crippen LogP contribution is -2.22. The van der Waals surface area contributed by atoms with Crippen LogP contribution in [-0.2, 0) is 0 Å². The highest BCUT2D eigenvalue weighted by atomic mass is 14.9. The molecule has 20 heavy (non-hydrogen) atoms. The average molecular weight is 268 g/mol. The Morgan fingerprint density at radius 1 is 0.850 bits per heavy atom. The van der Waals surface area contributed by atoms with Crippen molar-refractivity contribution in [3.05, 3.63) is 64.0 Å². The maximum absolute atomic E-state index is 4.48. The van der Waals surface area contributed by atoms with Crippen molar-refractivity contribution in [3.63, 3.8) is 0 Å². The summed E-state index contributed by atoms with van der Waals surface area (Å²) in [6.07, 6.45) is 0. The number of rotatable bonds is 4. The molecule has 0 bridgehead atoms. The Morgan fingerprint density at radius 2 is 1.35 bits per heavy atom. The van der Waals surface area contributed by atoms with E-state index in [1.54, 1.807) is 0 Å². The minimum absolute atomic E-state index is 0.235. The van der Waals surface area contributed by atoms with E-state index < -0.39 is 0 Å². The summed E-state index contributed by atoms with van der Waals surface area (Å²) in [5, 5.41) is 3.60. The lowest BCUT2D eigenvalue weighted by atomic mass is 9.95. The number of benzene rings is 1. The fourth-order valence-electron chi connectivity index (χ4n) is 2.84. The molecule has 1 N–H and O–H groups in total. The van der Waals surface area contributed by atoms with Crippen LogP contribution in [0, 0.1) is 27.7 Å². The van der Waals surface area contributed by atoms with Crippen LogP contribution in [0.4, 0.5) is 0 Å². The van der Waals surface area contributed by atoms with Crippen molar-refractivity contribution in [2.75, 3.05) is 6.54 Å². The van der Waals surface area contributed by atoms with Gasteiger partial charge in [-0.2, -0.15) is 0 Å². The summed E-state index contributed by atoms with van der Waals surface area (Å²) in [4.78, 5) is 4.48. The van der Waals surface area contributed by atoms with Gasteiger partial charge in [0.1, 0.15) is 0 Å². The highest BCUT2D eigenvalue weighted by Crippen LogP contribution is 2.25. The van der Waals surface area contributed by atoms with Crippen LogP contribution in [0.2, 0.25) is 0 Å². The molecule has 0 saturated carbocycles. The fraction of sp³-hybridized carbons (Fsp3) is 0.389. The Bertz CT molecular complexity index is 510. The second-order valence-electron chi connectivity index (χ2n) is 5.59. The van der Waals surface area contributed by atoms with Crippen molar-refractivity contribution >= 4 is 0 Å². The molecule has 0 aliphatic heterocycles. The van der Waals surface area contributed by atoms with Crippen molar-refractivity contribution in [1.82, 2.24) is 10.3 Å². The summed E-state index contributed by atoms with van der Waals surface area (Å²) in [6, 6.07) is 11.3. The molecule has 1 heterocycles. The minimum Gasteiger partial charge on any atom is -0.307 e. The van der Waals surface area contributed by atoms with Crippen molar-refractivity contribution in [2.45, 2.75) is 40.7 Å². The molecule has 1 aromatic heterocycles. The van der Waals surface area contributed by atoms with Gasteiger partial charge in [-0.25, -0.2) is 0 Å². The molecule has 2 heteroatoms. The molecule has 0 aliphatic carbocycles. The summed E-state index contributed by atoms with van der Waals surface area (Å²) < 4.78 is 0. The number of nitrogens with zero attached hydrogens (tertiary/aromatic N) is 1. The smallest absolute Gasteiger partial charge is 0.0578 e. The van der Waals surface area contributed by atoms with Crippen LogP contribution in [0.5, 0.6) is 0 Å². The zero-order chi connectivity index (χ0) is 14.7. The fourth-order valence-corrected chi connectivity index (χ4v) is 2.84. The van der Waals surface area contributed by atoms with E-state index in [-0.39, 0.29) is 6.04 Å². The normalized spacial score (nSPS) is 12.4. The van der Waals surface area contributed by atoms with Gasteiger partial charge in [0, 0.05) is 11.4 Å². The summed E-state index contributed by atoms with van der Waals surface area (Å²) in [5.74, 6) is 0. The van der Waals surface area contributed by atoms with Crippen LogP contribution in [0.3, 0.4) is 0 Å². The van der Waals surface area contributed by atoms with Crippen molar-refractivity contribution in [2.24, 2.45) is 0 Å². The zero-order valence-electron chi connectivity index (χ0n) is 13.1. The summed E-state index contributed by atoms with van der Waals surface area (Å²) in [6.45, 7) is 11.5. The molecular formula is C18H24N2. The van der Waals surface area contributed by atoms with Crippen LogP contribution in [0.25, 0.3) is 0 Å². The van der Waals surface area contributed by atoms with Gasteiger partial charge in [0.2, 0.25) is 0 Å². The van der Waals surface area contributed by atoms with E-state index in [0.29, 0.717) is 0 Å². The molecule has 0 aliphatic rings. The van der Waals surface area contributed by atoms with Gasteiger partial charge in [0.25, 0.3) is 0 Å². The van der Waals surface area contributed by atoms with Gasteiger partial charge < -0.3 is 5.32 Å². The molecule has 0 radical (unpaired) electrons. The lowest BCUT2D eigenvalue weighted by molar-refractivity contribution is 0.628. The standard InChI is InChI=1S/C18H24N2/c1-6-19-18(16-8-12(2)7-13(3)9-16)17-10-14(4)20-15(5)11-17/h7-11,18-19H,6H2,1-5H3. The van der Waals surface area contributed by atoms with E-state index in [9.17, 15) is 0 Å². The third-order valence-electron chi connectivity index (χ3n) is 3.42. The zero-order valence-corrected chi connectivity index (χ0v) is 13.1. The Labute approximate surface area is 122 Å². The van der Waals surface area contributed by atoms with Crippen LogP contribution < -0.4 is 5.32 Å². The predicted octanol–water partition coefficient (Wildman–Crippen LogP) is 4.01. The van der Waals surface area contributed by atoms with Gasteiger partial charge in [0.05, 0.1) is 6.04 Å². The number of aromatic nitrogens is 1. The molecule has 0 saturated heterocycles. The number of nitrogens with one attached hydrogen (secondary N) is 1. The quantitative estimate of drug-likeness (QED) is 0.906. The molecule has 0 fully saturated rings. The highest BCUT2D eigenvalue weighted by molar-refractivity contribution is 5.37. The Morgan fingerprint density at radius 3 is 1.85 bits per heavy atom. The molecule has 0 amide bonds. The second-order valence-corrected chi connectivity index (χ2v) is 5.59. The van der Waals surface area contributed by atoms with Crippen molar-refractivity contribution in [1.29, 1.82) is 0 Å². The first-order valence-corrected chi connectivity index (χ1v) is 7.26. The van der Waals surface area contributed by atoms with Crippen molar-refractivity contribution < 1.29 is 0 Å². The van der Waals surface area contributed by atoms with Gasteiger partial charge in [0.15, 0.2) is 0 Å². The number of aryl methyl sites for hydroxylation is 4. The molecule has 1 unspecified atom stereocenters. The molecule has 2 nitrogen and oxygen atoms in total. The number of hydrogen-bond acceptors (Lipinski definition) is 2. The molecule has 1 atom stereocenters. The van der Waals surface area contributed by atoms with Gasteiger partial charge in [-0.15, -0.1) is 0 Å². The maximum Gasteiger partial charge on any atom is 0.0578 e. The van der Waals surface area contributed by atoms with Gasteiger partial charge in [-0.3, -0.25) is 4.98 Å². The number of hydrogen-bond donors (Lipinski definition) is 1. The van der Waals surface area contributed by atoms with E-state index in [1.807, 2.05) is 0 Å². The number of pyridine rings is 1. The predicted molar refractivity (Wildman–Crippen MR) is 85.1 cm³/mol. The summed E-state index contributed by atoms with van der Waals surface area (Å²) >= 11 is 0. The second kappa shape index (κ2) is 6.19. The molecule has 106 valence electrons. The van der Waals surface area contributed by atoms with E-state index in [1.165, 1.54) is 22.3 Å². The third kappa shape index (κ3) is 3.45. The van der Waals surface area contributed by atoms with Crippen LogP contribution in [0.1, 0.15) is 46.6 Å². The Balaban J connectivity index is 2.49. The van der Waals surface area contributed by atoms with Crippen LogP contribution in [-0.4, -0.2) is 11.5 Å². The lowest BCUT2D eigenvalue weighted by Gasteiger charge is -2.21. The maximum atomic E-state index is 4.48. The van der Waals surface area contributed by atoms with E-state index in [0.717, 1.165) is 17.9 Å². The first-order chi connectivity index (χ1) is 9.49. The van der Waals surface area contributed by atoms with E-state index in [2.05, 4.69) is 75.3 Å². The molecule has 2 rings (SSSR count). The Hall–Kier alpha value is -1.67. The minimum atomic E-state index is 0.235. The monoisotopic (exact) mass is 268 g/mol. The average Bonchev–Trinajstić information content (AvgIpc) is 2.33. The Kier molecular flexibility index (Phi) is 4.56. The summed E-state index contributed by atoms with van der Waals surface area (Å²) in [5.41, 5.74) is 7.39. The van der Waals surface area contributed by atoms with Crippen LogP contribution in [0.15, 0.2) is 30.3 Å². The van der Waals surface area contributed by atoms with Gasteiger partial charge in [-0.1, -0.05) is 36.2 Å².